The molecular formula is C13H18O2. The number of hydrogen-bond donors (Lipinski definition) is 1. The zero-order valence-corrected chi connectivity index (χ0v) is 9.53. The van der Waals surface area contributed by atoms with Gasteiger partial charge in [-0.3, -0.25) is 4.79 Å². The van der Waals surface area contributed by atoms with Crippen LogP contribution in [-0.2, 0) is 11.2 Å². The topological polar surface area (TPSA) is 37.3 Å². The Morgan fingerprint density at radius 2 is 2.00 bits per heavy atom. The third-order valence-electron chi connectivity index (χ3n) is 2.47. The second-order valence-corrected chi connectivity index (χ2v) is 4.40. The fraction of sp³-hybridized carbons (Fsp3) is 0.462. The molecule has 0 aliphatic carbocycles. The van der Waals surface area contributed by atoms with E-state index in [1.54, 1.807) is 6.92 Å². The second kappa shape index (κ2) is 4.96. The fourth-order valence-corrected chi connectivity index (χ4v) is 1.60. The molecule has 82 valence electrons. The van der Waals surface area contributed by atoms with Gasteiger partial charge in [0.25, 0.3) is 0 Å². The van der Waals surface area contributed by atoms with Crippen molar-refractivity contribution in [2.24, 2.45) is 5.92 Å². The number of rotatable bonds is 4. The van der Waals surface area contributed by atoms with Gasteiger partial charge in [-0.05, 0) is 30.4 Å². The Hall–Kier alpha value is -1.31. The fourth-order valence-electron chi connectivity index (χ4n) is 1.60. The Morgan fingerprint density at radius 1 is 1.33 bits per heavy atom. The Labute approximate surface area is 90.9 Å². The summed E-state index contributed by atoms with van der Waals surface area (Å²) >= 11 is 0. The Bertz CT molecular complexity index is 342. The molecule has 0 bridgehead atoms. The highest BCUT2D eigenvalue weighted by Gasteiger charge is 2.13. The molecule has 0 spiro atoms. The van der Waals surface area contributed by atoms with E-state index in [4.69, 9.17) is 5.11 Å². The number of aliphatic carboxylic acids is 1. The van der Waals surface area contributed by atoms with E-state index in [0.717, 1.165) is 12.0 Å². The molecule has 0 aliphatic heterocycles. The third-order valence-corrected chi connectivity index (χ3v) is 2.47. The average molecular weight is 206 g/mol. The predicted molar refractivity (Wildman–Crippen MR) is 61.0 cm³/mol. The molecule has 1 aromatic carbocycles. The Morgan fingerprint density at radius 3 is 2.53 bits per heavy atom. The van der Waals surface area contributed by atoms with Crippen LogP contribution in [0, 0.1) is 5.92 Å². The minimum atomic E-state index is -0.767. The molecule has 1 aromatic rings. The molecule has 0 aromatic heterocycles. The van der Waals surface area contributed by atoms with Crippen LogP contribution in [0.3, 0.4) is 0 Å². The second-order valence-electron chi connectivity index (χ2n) is 4.40. The summed E-state index contributed by atoms with van der Waals surface area (Å²) in [6.45, 7) is 6.04. The molecular weight excluding hydrogens is 188 g/mol. The normalized spacial score (nSPS) is 12.8. The lowest BCUT2D eigenvalue weighted by Gasteiger charge is -2.10. The van der Waals surface area contributed by atoms with Crippen LogP contribution in [0.1, 0.15) is 37.8 Å². The van der Waals surface area contributed by atoms with Crippen molar-refractivity contribution in [3.8, 4) is 0 Å². The first-order valence-corrected chi connectivity index (χ1v) is 5.32. The van der Waals surface area contributed by atoms with Crippen molar-refractivity contribution in [1.82, 2.24) is 0 Å². The smallest absolute Gasteiger partial charge is 0.310 e. The van der Waals surface area contributed by atoms with Crippen LogP contribution in [0.5, 0.6) is 0 Å². The van der Waals surface area contributed by atoms with Crippen LogP contribution in [0.25, 0.3) is 0 Å². The van der Waals surface area contributed by atoms with Crippen LogP contribution >= 0.6 is 0 Å². The number of hydrogen-bond acceptors (Lipinski definition) is 1. The maximum Gasteiger partial charge on any atom is 0.310 e. The van der Waals surface area contributed by atoms with E-state index in [1.807, 2.05) is 18.2 Å². The van der Waals surface area contributed by atoms with Gasteiger partial charge in [0.05, 0.1) is 5.92 Å². The van der Waals surface area contributed by atoms with Gasteiger partial charge in [0, 0.05) is 0 Å². The first-order valence-electron chi connectivity index (χ1n) is 5.32. The van der Waals surface area contributed by atoms with Crippen molar-refractivity contribution in [2.75, 3.05) is 0 Å². The lowest BCUT2D eigenvalue weighted by Crippen LogP contribution is -2.07. The molecule has 2 nitrogen and oxygen atoms in total. The lowest BCUT2D eigenvalue weighted by atomic mass is 9.96. The summed E-state index contributed by atoms with van der Waals surface area (Å²) < 4.78 is 0. The summed E-state index contributed by atoms with van der Waals surface area (Å²) in [6.07, 6.45) is 1.00. The number of carbonyl (C=O) groups is 1. The minimum absolute atomic E-state index is 0.419. The number of carboxylic acids is 1. The van der Waals surface area contributed by atoms with Gasteiger partial charge in [0.2, 0.25) is 0 Å². The molecule has 0 unspecified atom stereocenters. The maximum absolute atomic E-state index is 10.8. The first-order chi connectivity index (χ1) is 7.00. The molecule has 1 rings (SSSR count). The monoisotopic (exact) mass is 206 g/mol. The van der Waals surface area contributed by atoms with Crippen molar-refractivity contribution >= 4 is 5.97 Å². The average Bonchev–Trinajstić information content (AvgIpc) is 2.16. The van der Waals surface area contributed by atoms with Crippen LogP contribution in [0.2, 0.25) is 0 Å². The van der Waals surface area contributed by atoms with Gasteiger partial charge >= 0.3 is 5.97 Å². The van der Waals surface area contributed by atoms with E-state index in [0.29, 0.717) is 5.92 Å². The quantitative estimate of drug-likeness (QED) is 0.822. The number of benzene rings is 1. The van der Waals surface area contributed by atoms with Gasteiger partial charge in [-0.15, -0.1) is 0 Å². The molecule has 0 fully saturated rings. The van der Waals surface area contributed by atoms with Gasteiger partial charge < -0.3 is 5.11 Å². The predicted octanol–water partition coefficient (Wildman–Crippen LogP) is 3.07. The standard InChI is InChI=1S/C13H18O2/c1-9(2)7-11-5-4-6-12(8-11)10(3)13(14)15/h4-6,8-10H,7H2,1-3H3,(H,14,15)/t10-/m1/s1. The summed E-state index contributed by atoms with van der Waals surface area (Å²) in [7, 11) is 0. The van der Waals surface area contributed by atoms with Crippen LogP contribution in [0.15, 0.2) is 24.3 Å². The van der Waals surface area contributed by atoms with Crippen molar-refractivity contribution in [2.45, 2.75) is 33.1 Å². The molecule has 1 atom stereocenters. The summed E-state index contributed by atoms with van der Waals surface area (Å²) in [5.41, 5.74) is 2.11. The van der Waals surface area contributed by atoms with Gasteiger partial charge in [-0.1, -0.05) is 38.1 Å². The zero-order valence-electron chi connectivity index (χ0n) is 9.53. The molecule has 0 amide bonds. The molecule has 0 heterocycles. The Kier molecular flexibility index (Phi) is 3.89. The van der Waals surface area contributed by atoms with Gasteiger partial charge in [-0.25, -0.2) is 0 Å². The van der Waals surface area contributed by atoms with Crippen LogP contribution < -0.4 is 0 Å². The van der Waals surface area contributed by atoms with Gasteiger partial charge in [0.15, 0.2) is 0 Å². The van der Waals surface area contributed by atoms with Crippen molar-refractivity contribution in [3.05, 3.63) is 35.4 Å². The van der Waals surface area contributed by atoms with Gasteiger partial charge in [-0.2, -0.15) is 0 Å². The van der Waals surface area contributed by atoms with E-state index >= 15 is 0 Å². The van der Waals surface area contributed by atoms with E-state index in [9.17, 15) is 4.79 Å². The van der Waals surface area contributed by atoms with Crippen LogP contribution in [-0.4, -0.2) is 11.1 Å². The SMILES string of the molecule is CC(C)Cc1cccc([C@@H](C)C(=O)O)c1. The number of carboxylic acid groups (broad SMARTS) is 1. The molecule has 1 N–H and O–H groups in total. The zero-order chi connectivity index (χ0) is 11.4. The van der Waals surface area contributed by atoms with E-state index in [2.05, 4.69) is 19.9 Å². The van der Waals surface area contributed by atoms with E-state index < -0.39 is 11.9 Å². The van der Waals surface area contributed by atoms with E-state index in [-0.39, 0.29) is 0 Å². The largest absolute Gasteiger partial charge is 0.481 e. The van der Waals surface area contributed by atoms with Crippen LogP contribution in [0.4, 0.5) is 0 Å². The lowest BCUT2D eigenvalue weighted by molar-refractivity contribution is -0.138. The van der Waals surface area contributed by atoms with E-state index in [1.165, 1.54) is 5.56 Å². The highest BCUT2D eigenvalue weighted by Crippen LogP contribution is 2.18. The summed E-state index contributed by atoms with van der Waals surface area (Å²) in [5.74, 6) is -0.589. The molecule has 15 heavy (non-hydrogen) atoms. The van der Waals surface area contributed by atoms with Crippen molar-refractivity contribution < 1.29 is 9.90 Å². The molecule has 0 radical (unpaired) electrons. The molecule has 0 saturated carbocycles. The highest BCUT2D eigenvalue weighted by atomic mass is 16.4. The molecule has 2 heteroatoms. The molecule has 0 saturated heterocycles. The van der Waals surface area contributed by atoms with Gasteiger partial charge in [0.1, 0.15) is 0 Å². The summed E-state index contributed by atoms with van der Waals surface area (Å²) in [4.78, 5) is 10.8. The highest BCUT2D eigenvalue weighted by molar-refractivity contribution is 5.75. The van der Waals surface area contributed by atoms with Crippen molar-refractivity contribution in [1.29, 1.82) is 0 Å². The first kappa shape index (κ1) is 11.8. The van der Waals surface area contributed by atoms with Crippen molar-refractivity contribution in [3.63, 3.8) is 0 Å². The Balaban J connectivity index is 2.87. The maximum atomic E-state index is 10.8. The third kappa shape index (κ3) is 3.39. The summed E-state index contributed by atoms with van der Waals surface area (Å²) in [5, 5.41) is 8.91. The molecule has 0 aliphatic rings. The summed E-state index contributed by atoms with van der Waals surface area (Å²) in [6, 6.07) is 7.87. The minimum Gasteiger partial charge on any atom is -0.481 e.